The molecule has 0 fully saturated rings. The Labute approximate surface area is 142 Å². The van der Waals surface area contributed by atoms with Crippen molar-refractivity contribution in [2.75, 3.05) is 0 Å². The molecule has 122 valence electrons. The van der Waals surface area contributed by atoms with E-state index in [9.17, 15) is 0 Å². The number of rotatable bonds is 6. The minimum absolute atomic E-state index is 0. The molecule has 23 heavy (non-hydrogen) atoms. The number of hydrogen-bond donors (Lipinski definition) is 2. The van der Waals surface area contributed by atoms with E-state index in [1.54, 1.807) is 6.20 Å². The molecule has 0 radical (unpaired) electrons. The van der Waals surface area contributed by atoms with Crippen molar-refractivity contribution < 1.29 is 0 Å². The van der Waals surface area contributed by atoms with E-state index in [2.05, 4.69) is 56.3 Å². The summed E-state index contributed by atoms with van der Waals surface area (Å²) >= 11 is 0. The molecule has 3 aromatic rings. The quantitative estimate of drug-likeness (QED) is 0.730. The Morgan fingerprint density at radius 3 is 2.70 bits per heavy atom. The summed E-state index contributed by atoms with van der Waals surface area (Å²) in [4.78, 5) is 4.08. The second-order valence-corrected chi connectivity index (χ2v) is 5.57. The van der Waals surface area contributed by atoms with Gasteiger partial charge >= 0.3 is 0 Å². The van der Waals surface area contributed by atoms with Crippen molar-refractivity contribution in [3.05, 3.63) is 71.1 Å². The first-order chi connectivity index (χ1) is 10.7. The zero-order valence-electron chi connectivity index (χ0n) is 13.4. The van der Waals surface area contributed by atoms with E-state index in [1.165, 1.54) is 16.7 Å². The molecule has 0 bridgehead atoms. The summed E-state index contributed by atoms with van der Waals surface area (Å²) < 4.78 is 2.07. The highest BCUT2D eigenvalue weighted by molar-refractivity contribution is 5.85. The molecule has 1 aromatic carbocycles. The van der Waals surface area contributed by atoms with Gasteiger partial charge in [-0.3, -0.25) is 5.10 Å². The number of nitrogens with one attached hydrogen (secondary N) is 2. The van der Waals surface area contributed by atoms with E-state index in [-0.39, 0.29) is 12.4 Å². The van der Waals surface area contributed by atoms with Gasteiger partial charge in [-0.05, 0) is 25.0 Å². The van der Waals surface area contributed by atoms with Crippen molar-refractivity contribution in [2.45, 2.75) is 33.5 Å². The number of imidazole rings is 1. The lowest BCUT2D eigenvalue weighted by Crippen LogP contribution is -2.14. The number of hydrogen-bond acceptors (Lipinski definition) is 3. The fourth-order valence-corrected chi connectivity index (χ4v) is 2.60. The Hall–Kier alpha value is -2.11. The van der Waals surface area contributed by atoms with Crippen LogP contribution in [0.2, 0.25) is 0 Å². The van der Waals surface area contributed by atoms with E-state index in [4.69, 9.17) is 0 Å². The van der Waals surface area contributed by atoms with Gasteiger partial charge in [0.05, 0.1) is 12.0 Å². The molecule has 0 unspecified atom stereocenters. The normalized spacial score (nSPS) is 10.5. The van der Waals surface area contributed by atoms with E-state index in [0.29, 0.717) is 0 Å². The van der Waals surface area contributed by atoms with E-state index < -0.39 is 0 Å². The second-order valence-electron chi connectivity index (χ2n) is 5.57. The molecule has 2 N–H and O–H groups in total. The number of aromatic nitrogens is 4. The summed E-state index contributed by atoms with van der Waals surface area (Å²) in [5.74, 6) is 0. The van der Waals surface area contributed by atoms with Crippen molar-refractivity contribution in [3.8, 4) is 0 Å². The zero-order chi connectivity index (χ0) is 15.4. The summed E-state index contributed by atoms with van der Waals surface area (Å²) in [7, 11) is 0. The van der Waals surface area contributed by atoms with Gasteiger partial charge in [-0.15, -0.1) is 12.4 Å². The maximum atomic E-state index is 4.22. The molecular weight excluding hydrogens is 310 g/mol. The highest BCUT2D eigenvalue weighted by Crippen LogP contribution is 2.10. The highest BCUT2D eigenvalue weighted by atomic mass is 35.5. The third kappa shape index (κ3) is 4.43. The van der Waals surface area contributed by atoms with Crippen LogP contribution in [0.3, 0.4) is 0 Å². The van der Waals surface area contributed by atoms with Gasteiger partial charge in [-0.1, -0.05) is 24.3 Å². The molecular formula is C17H22ClN5. The van der Waals surface area contributed by atoms with Crippen LogP contribution in [0.15, 0.2) is 43.0 Å². The van der Waals surface area contributed by atoms with E-state index >= 15 is 0 Å². The molecule has 0 saturated heterocycles. The number of H-pyrrole nitrogens is 1. The number of halogens is 1. The second kappa shape index (κ2) is 7.94. The molecule has 0 atom stereocenters. The topological polar surface area (TPSA) is 58.5 Å². The van der Waals surface area contributed by atoms with Crippen molar-refractivity contribution >= 4 is 12.4 Å². The molecule has 0 aliphatic rings. The van der Waals surface area contributed by atoms with Gasteiger partial charge in [0.1, 0.15) is 0 Å². The Balaban J connectivity index is 0.00000192. The Kier molecular flexibility index (Phi) is 5.96. The van der Waals surface area contributed by atoms with Crippen LogP contribution < -0.4 is 5.32 Å². The molecule has 5 nitrogen and oxygen atoms in total. The van der Waals surface area contributed by atoms with Crippen LogP contribution in [0.5, 0.6) is 0 Å². The number of aryl methyl sites for hydroxylation is 2. The SMILES string of the molecule is Cc1n[nH]c(C)c1CNCc1cccc(Cn2ccnc2)c1.Cl. The highest BCUT2D eigenvalue weighted by Gasteiger charge is 2.05. The molecule has 3 rings (SSSR count). The first-order valence-electron chi connectivity index (χ1n) is 7.47. The minimum atomic E-state index is 0. The summed E-state index contributed by atoms with van der Waals surface area (Å²) in [5.41, 5.74) is 6.04. The summed E-state index contributed by atoms with van der Waals surface area (Å²) in [6, 6.07) is 8.65. The predicted molar refractivity (Wildman–Crippen MR) is 93.6 cm³/mol. The first-order valence-corrected chi connectivity index (χ1v) is 7.47. The fraction of sp³-hybridized carbons (Fsp3) is 0.294. The number of benzene rings is 1. The molecule has 0 amide bonds. The maximum absolute atomic E-state index is 4.22. The number of nitrogens with zero attached hydrogens (tertiary/aromatic N) is 3. The molecule has 0 saturated carbocycles. The van der Waals surface area contributed by atoms with Gasteiger partial charge in [-0.25, -0.2) is 4.98 Å². The molecule has 0 aliphatic heterocycles. The summed E-state index contributed by atoms with van der Waals surface area (Å²) in [5, 5.41) is 10.7. The summed E-state index contributed by atoms with van der Waals surface area (Å²) in [6.45, 7) is 6.63. The van der Waals surface area contributed by atoms with Gasteiger partial charge < -0.3 is 9.88 Å². The maximum Gasteiger partial charge on any atom is 0.0949 e. The zero-order valence-corrected chi connectivity index (χ0v) is 14.2. The van der Waals surface area contributed by atoms with Crippen LogP contribution in [0.25, 0.3) is 0 Å². The van der Waals surface area contributed by atoms with E-state index in [1.807, 2.05) is 19.4 Å². The predicted octanol–water partition coefficient (Wildman–Crippen LogP) is 2.98. The molecule has 2 heterocycles. The Morgan fingerprint density at radius 2 is 2.00 bits per heavy atom. The van der Waals surface area contributed by atoms with Gasteiger partial charge in [0.15, 0.2) is 0 Å². The van der Waals surface area contributed by atoms with Gasteiger partial charge in [0.2, 0.25) is 0 Å². The average molecular weight is 332 g/mol. The fourth-order valence-electron chi connectivity index (χ4n) is 2.60. The molecule has 2 aromatic heterocycles. The van der Waals surface area contributed by atoms with E-state index in [0.717, 1.165) is 31.0 Å². The van der Waals surface area contributed by atoms with Crippen LogP contribution in [0.4, 0.5) is 0 Å². The van der Waals surface area contributed by atoms with Crippen LogP contribution in [0, 0.1) is 13.8 Å². The van der Waals surface area contributed by atoms with Crippen molar-refractivity contribution in [2.24, 2.45) is 0 Å². The van der Waals surface area contributed by atoms with Gasteiger partial charge in [-0.2, -0.15) is 5.10 Å². The van der Waals surface area contributed by atoms with Crippen molar-refractivity contribution in [3.63, 3.8) is 0 Å². The Morgan fingerprint density at radius 1 is 1.17 bits per heavy atom. The van der Waals surface area contributed by atoms with Crippen molar-refractivity contribution in [1.82, 2.24) is 25.1 Å². The standard InChI is InChI=1S/C17H21N5.ClH/c1-13-17(14(2)21-20-13)10-19-9-15-4-3-5-16(8-15)11-22-7-6-18-12-22;/h3-8,12,19H,9-11H2,1-2H3,(H,20,21);1H. The lowest BCUT2D eigenvalue weighted by molar-refractivity contribution is 0.686. The molecule has 0 aliphatic carbocycles. The lowest BCUT2D eigenvalue weighted by atomic mass is 10.1. The van der Waals surface area contributed by atoms with Crippen LogP contribution in [-0.4, -0.2) is 19.7 Å². The third-order valence-electron chi connectivity index (χ3n) is 3.83. The van der Waals surface area contributed by atoms with Gasteiger partial charge in [0.25, 0.3) is 0 Å². The number of aromatic amines is 1. The minimum Gasteiger partial charge on any atom is -0.333 e. The molecule has 0 spiro atoms. The van der Waals surface area contributed by atoms with Crippen molar-refractivity contribution in [1.29, 1.82) is 0 Å². The molecule has 6 heteroatoms. The Bertz CT molecular complexity index is 714. The summed E-state index contributed by atoms with van der Waals surface area (Å²) in [6.07, 6.45) is 5.63. The average Bonchev–Trinajstić information content (AvgIpc) is 3.12. The third-order valence-corrected chi connectivity index (χ3v) is 3.83. The largest absolute Gasteiger partial charge is 0.333 e. The smallest absolute Gasteiger partial charge is 0.0949 e. The first kappa shape index (κ1) is 17.2. The lowest BCUT2D eigenvalue weighted by Gasteiger charge is -2.08. The van der Waals surface area contributed by atoms with Gasteiger partial charge in [0, 0.05) is 43.3 Å². The monoisotopic (exact) mass is 331 g/mol. The van der Waals surface area contributed by atoms with Crippen LogP contribution in [0.1, 0.15) is 28.1 Å². The van der Waals surface area contributed by atoms with Crippen LogP contribution in [-0.2, 0) is 19.6 Å². The van der Waals surface area contributed by atoms with Crippen LogP contribution >= 0.6 is 12.4 Å².